The Labute approximate surface area is 126 Å². The van der Waals surface area contributed by atoms with Crippen molar-refractivity contribution in [3.63, 3.8) is 0 Å². The monoisotopic (exact) mass is 339 g/mol. The molecule has 1 unspecified atom stereocenters. The lowest BCUT2D eigenvalue weighted by atomic mass is 10.3. The predicted molar refractivity (Wildman–Crippen MR) is 86.6 cm³/mol. The van der Waals surface area contributed by atoms with Crippen molar-refractivity contribution in [3.05, 3.63) is 30.1 Å². The zero-order valence-electron chi connectivity index (χ0n) is 11.1. The van der Waals surface area contributed by atoms with E-state index in [0.29, 0.717) is 0 Å². The molecule has 0 radical (unpaired) electrons. The molecule has 3 heterocycles. The highest BCUT2D eigenvalue weighted by Gasteiger charge is 2.23. The van der Waals surface area contributed by atoms with E-state index in [0.717, 1.165) is 35.1 Å². The van der Waals surface area contributed by atoms with Gasteiger partial charge in [-0.05, 0) is 18.6 Å². The zero-order valence-corrected chi connectivity index (χ0v) is 13.5. The van der Waals surface area contributed by atoms with Gasteiger partial charge in [-0.2, -0.15) is 11.8 Å². The molecular formula is C14H18BrN3S. The Balaban J connectivity index is 1.99. The molecule has 0 spiro atoms. The van der Waals surface area contributed by atoms with Crippen molar-refractivity contribution in [1.82, 2.24) is 9.38 Å². The third-order valence-corrected chi connectivity index (χ3v) is 5.53. The van der Waals surface area contributed by atoms with Crippen LogP contribution in [-0.2, 0) is 5.33 Å². The number of rotatable bonds is 3. The molecule has 1 aliphatic heterocycles. The van der Waals surface area contributed by atoms with Gasteiger partial charge in [-0.25, -0.2) is 4.98 Å². The third-order valence-electron chi connectivity index (χ3n) is 3.63. The quantitative estimate of drug-likeness (QED) is 0.797. The van der Waals surface area contributed by atoms with Crippen molar-refractivity contribution in [2.24, 2.45) is 0 Å². The number of halogens is 1. The normalized spacial score (nSPS) is 20.1. The summed E-state index contributed by atoms with van der Waals surface area (Å²) < 4.78 is 2.19. The largest absolute Gasteiger partial charge is 0.353 e. The summed E-state index contributed by atoms with van der Waals surface area (Å²) in [5.41, 5.74) is 2.30. The van der Waals surface area contributed by atoms with Crippen LogP contribution in [0.3, 0.4) is 0 Å². The number of hydrogen-bond donors (Lipinski definition) is 0. The van der Waals surface area contributed by atoms with E-state index in [1.165, 1.54) is 17.9 Å². The summed E-state index contributed by atoms with van der Waals surface area (Å²) in [5.74, 6) is 2.36. The van der Waals surface area contributed by atoms with Crippen LogP contribution in [0.4, 0.5) is 5.82 Å². The summed E-state index contributed by atoms with van der Waals surface area (Å²) >= 11 is 5.71. The second-order valence-electron chi connectivity index (χ2n) is 4.79. The number of pyridine rings is 1. The van der Waals surface area contributed by atoms with Crippen LogP contribution in [0.5, 0.6) is 0 Å². The van der Waals surface area contributed by atoms with E-state index in [1.807, 2.05) is 6.07 Å². The van der Waals surface area contributed by atoms with E-state index in [9.17, 15) is 0 Å². The van der Waals surface area contributed by atoms with Crippen LogP contribution in [0.2, 0.25) is 0 Å². The molecule has 0 aromatic carbocycles. The maximum absolute atomic E-state index is 4.83. The van der Waals surface area contributed by atoms with Crippen molar-refractivity contribution in [1.29, 1.82) is 0 Å². The molecule has 0 aliphatic carbocycles. The standard InChI is InChI=1S/C14H18BrN3S/c1-2-11-10-17(7-8-19-11)14-12(9-15)18-6-4-3-5-13(18)16-14/h3-6,11H,2,7-10H2,1H3. The predicted octanol–water partition coefficient (Wildman–Crippen LogP) is 3.56. The van der Waals surface area contributed by atoms with E-state index in [1.54, 1.807) is 0 Å². The highest BCUT2D eigenvalue weighted by molar-refractivity contribution is 9.08. The summed E-state index contributed by atoms with van der Waals surface area (Å²) in [7, 11) is 0. The second-order valence-corrected chi connectivity index (χ2v) is 6.76. The Kier molecular flexibility index (Phi) is 4.03. The van der Waals surface area contributed by atoms with Crippen molar-refractivity contribution in [3.8, 4) is 0 Å². The molecule has 2 aromatic rings. The second kappa shape index (κ2) is 5.75. The molecule has 1 atom stereocenters. The van der Waals surface area contributed by atoms with Crippen LogP contribution in [0.15, 0.2) is 24.4 Å². The van der Waals surface area contributed by atoms with Gasteiger partial charge in [-0.15, -0.1) is 0 Å². The first kappa shape index (κ1) is 13.3. The van der Waals surface area contributed by atoms with Crippen LogP contribution >= 0.6 is 27.7 Å². The lowest BCUT2D eigenvalue weighted by molar-refractivity contribution is 0.719. The molecule has 3 rings (SSSR count). The Morgan fingerprint density at radius 2 is 2.37 bits per heavy atom. The number of anilines is 1. The molecule has 1 fully saturated rings. The molecule has 1 saturated heterocycles. The molecule has 19 heavy (non-hydrogen) atoms. The van der Waals surface area contributed by atoms with Gasteiger partial charge in [0, 0.05) is 35.6 Å². The van der Waals surface area contributed by atoms with E-state index in [-0.39, 0.29) is 0 Å². The average Bonchev–Trinajstić information content (AvgIpc) is 2.86. The van der Waals surface area contributed by atoms with Crippen LogP contribution in [0.25, 0.3) is 5.65 Å². The van der Waals surface area contributed by atoms with Gasteiger partial charge in [0.2, 0.25) is 0 Å². The fourth-order valence-corrected chi connectivity index (χ4v) is 4.27. The van der Waals surface area contributed by atoms with Crippen LogP contribution < -0.4 is 4.90 Å². The van der Waals surface area contributed by atoms with Gasteiger partial charge < -0.3 is 9.30 Å². The molecular weight excluding hydrogens is 322 g/mol. The number of fused-ring (bicyclic) bond motifs is 1. The first-order chi connectivity index (χ1) is 9.33. The van der Waals surface area contributed by atoms with Gasteiger partial charge in [-0.1, -0.05) is 28.9 Å². The third kappa shape index (κ3) is 2.50. The first-order valence-electron chi connectivity index (χ1n) is 6.72. The van der Waals surface area contributed by atoms with Crippen molar-refractivity contribution < 1.29 is 0 Å². The lowest BCUT2D eigenvalue weighted by Gasteiger charge is -2.32. The number of nitrogens with zero attached hydrogens (tertiary/aromatic N) is 3. The molecule has 0 N–H and O–H groups in total. The van der Waals surface area contributed by atoms with E-state index in [2.05, 4.69) is 62.2 Å². The van der Waals surface area contributed by atoms with Gasteiger partial charge >= 0.3 is 0 Å². The molecule has 3 nitrogen and oxygen atoms in total. The van der Waals surface area contributed by atoms with Gasteiger partial charge in [0.05, 0.1) is 5.69 Å². The van der Waals surface area contributed by atoms with Gasteiger partial charge in [0.1, 0.15) is 5.65 Å². The Bertz CT molecular complexity index is 569. The lowest BCUT2D eigenvalue weighted by Crippen LogP contribution is -2.38. The number of thioether (sulfide) groups is 1. The highest BCUT2D eigenvalue weighted by atomic mass is 79.9. The maximum Gasteiger partial charge on any atom is 0.152 e. The molecule has 0 saturated carbocycles. The number of imidazole rings is 1. The van der Waals surface area contributed by atoms with Crippen LogP contribution in [0.1, 0.15) is 19.0 Å². The molecule has 0 bridgehead atoms. The van der Waals surface area contributed by atoms with Gasteiger partial charge in [-0.3, -0.25) is 0 Å². The first-order valence-corrected chi connectivity index (χ1v) is 8.89. The SMILES string of the molecule is CCC1CN(c2nc3ccccn3c2CBr)CCS1. The van der Waals surface area contributed by atoms with Crippen LogP contribution in [0, 0.1) is 0 Å². The maximum atomic E-state index is 4.83. The van der Waals surface area contributed by atoms with Crippen molar-refractivity contribution in [2.45, 2.75) is 23.9 Å². The van der Waals surface area contributed by atoms with Crippen LogP contribution in [-0.4, -0.2) is 33.5 Å². The molecule has 102 valence electrons. The number of aromatic nitrogens is 2. The smallest absolute Gasteiger partial charge is 0.152 e. The van der Waals surface area contributed by atoms with E-state index in [4.69, 9.17) is 4.98 Å². The molecule has 1 aliphatic rings. The number of alkyl halides is 1. The van der Waals surface area contributed by atoms with Gasteiger partial charge in [0.25, 0.3) is 0 Å². The minimum Gasteiger partial charge on any atom is -0.353 e. The fraction of sp³-hybridized carbons (Fsp3) is 0.500. The summed E-state index contributed by atoms with van der Waals surface area (Å²) in [6.07, 6.45) is 3.33. The zero-order chi connectivity index (χ0) is 13.2. The topological polar surface area (TPSA) is 20.5 Å². The summed E-state index contributed by atoms with van der Waals surface area (Å²) in [5, 5.41) is 1.58. The summed E-state index contributed by atoms with van der Waals surface area (Å²) in [6.45, 7) is 4.49. The van der Waals surface area contributed by atoms with Crippen molar-refractivity contribution >= 4 is 39.2 Å². The fourth-order valence-electron chi connectivity index (χ4n) is 2.57. The number of hydrogen-bond acceptors (Lipinski definition) is 3. The van der Waals surface area contributed by atoms with E-state index >= 15 is 0 Å². The Morgan fingerprint density at radius 1 is 1.47 bits per heavy atom. The molecule has 2 aromatic heterocycles. The summed E-state index contributed by atoms with van der Waals surface area (Å²) in [4.78, 5) is 7.28. The van der Waals surface area contributed by atoms with E-state index < -0.39 is 0 Å². The average molecular weight is 340 g/mol. The highest BCUT2D eigenvalue weighted by Crippen LogP contribution is 2.29. The minimum absolute atomic E-state index is 0.738. The Hall–Kier alpha value is -0.680. The van der Waals surface area contributed by atoms with Crippen molar-refractivity contribution in [2.75, 3.05) is 23.7 Å². The van der Waals surface area contributed by atoms with Gasteiger partial charge in [0.15, 0.2) is 5.82 Å². The molecule has 0 amide bonds. The minimum atomic E-state index is 0.738. The summed E-state index contributed by atoms with van der Waals surface area (Å²) in [6, 6.07) is 6.18. The Morgan fingerprint density at radius 3 is 3.16 bits per heavy atom. The molecule has 5 heteroatoms.